The van der Waals surface area contributed by atoms with Crippen molar-refractivity contribution in [3.63, 3.8) is 0 Å². The Morgan fingerprint density at radius 2 is 1.94 bits per heavy atom. The summed E-state index contributed by atoms with van der Waals surface area (Å²) in [7, 11) is 6.44. The Morgan fingerprint density at radius 3 is 2.39 bits per heavy atom. The van der Waals surface area contributed by atoms with Gasteiger partial charge >= 0.3 is 0 Å². The Labute approximate surface area is 112 Å². The fourth-order valence-electron chi connectivity index (χ4n) is 2.63. The van der Waals surface area contributed by atoms with Crippen LogP contribution in [0, 0.1) is 5.92 Å². The SMILES string of the molecule is CCC(CC)C(CNCc1ccn(C)c1)N(C)C. The molecule has 1 aromatic heterocycles. The Hall–Kier alpha value is -0.800. The molecule has 1 rings (SSSR count). The zero-order valence-corrected chi connectivity index (χ0v) is 12.6. The fraction of sp³-hybridized carbons (Fsp3) is 0.733. The molecule has 0 radical (unpaired) electrons. The van der Waals surface area contributed by atoms with Crippen molar-refractivity contribution in [1.82, 2.24) is 14.8 Å². The van der Waals surface area contributed by atoms with E-state index in [0.717, 1.165) is 19.0 Å². The van der Waals surface area contributed by atoms with E-state index in [1.54, 1.807) is 0 Å². The molecule has 0 saturated heterocycles. The second-order valence-corrected chi connectivity index (χ2v) is 5.42. The average Bonchev–Trinajstić information content (AvgIpc) is 2.74. The molecule has 104 valence electrons. The number of hydrogen-bond donors (Lipinski definition) is 1. The summed E-state index contributed by atoms with van der Waals surface area (Å²) >= 11 is 0. The van der Waals surface area contributed by atoms with E-state index in [9.17, 15) is 0 Å². The van der Waals surface area contributed by atoms with Gasteiger partial charge in [0.1, 0.15) is 0 Å². The molecule has 1 heterocycles. The van der Waals surface area contributed by atoms with E-state index >= 15 is 0 Å². The lowest BCUT2D eigenvalue weighted by atomic mass is 9.93. The highest BCUT2D eigenvalue weighted by Crippen LogP contribution is 2.16. The Balaban J connectivity index is 2.42. The van der Waals surface area contributed by atoms with Gasteiger partial charge in [-0.2, -0.15) is 0 Å². The van der Waals surface area contributed by atoms with Gasteiger partial charge in [-0.05, 0) is 31.6 Å². The smallest absolute Gasteiger partial charge is 0.0242 e. The predicted octanol–water partition coefficient (Wildman–Crippen LogP) is 2.48. The largest absolute Gasteiger partial charge is 0.357 e. The maximum atomic E-state index is 3.59. The van der Waals surface area contributed by atoms with E-state index in [4.69, 9.17) is 0 Å². The number of aromatic nitrogens is 1. The summed E-state index contributed by atoms with van der Waals surface area (Å²) < 4.78 is 2.10. The summed E-state index contributed by atoms with van der Waals surface area (Å²) in [4.78, 5) is 2.36. The first kappa shape index (κ1) is 15.3. The van der Waals surface area contributed by atoms with Crippen molar-refractivity contribution < 1.29 is 0 Å². The van der Waals surface area contributed by atoms with Gasteiger partial charge in [-0.15, -0.1) is 0 Å². The fourth-order valence-corrected chi connectivity index (χ4v) is 2.63. The number of likely N-dealkylation sites (N-methyl/N-ethyl adjacent to an activating group) is 1. The maximum absolute atomic E-state index is 3.59. The summed E-state index contributed by atoms with van der Waals surface area (Å²) in [5, 5.41) is 3.59. The van der Waals surface area contributed by atoms with Crippen LogP contribution in [0.1, 0.15) is 32.3 Å². The summed E-state index contributed by atoms with van der Waals surface area (Å²) in [6.07, 6.45) is 6.79. The van der Waals surface area contributed by atoms with Gasteiger partial charge in [0.2, 0.25) is 0 Å². The van der Waals surface area contributed by atoms with Crippen molar-refractivity contribution in [3.8, 4) is 0 Å². The van der Waals surface area contributed by atoms with E-state index in [1.165, 1.54) is 18.4 Å². The van der Waals surface area contributed by atoms with Gasteiger partial charge in [0.25, 0.3) is 0 Å². The summed E-state index contributed by atoms with van der Waals surface area (Å²) in [6, 6.07) is 2.80. The summed E-state index contributed by atoms with van der Waals surface area (Å²) in [6.45, 7) is 6.61. The molecule has 1 unspecified atom stereocenters. The molecule has 1 atom stereocenters. The van der Waals surface area contributed by atoms with Crippen molar-refractivity contribution in [3.05, 3.63) is 24.0 Å². The van der Waals surface area contributed by atoms with Crippen LogP contribution in [0.25, 0.3) is 0 Å². The third kappa shape index (κ3) is 4.46. The molecule has 0 amide bonds. The highest BCUT2D eigenvalue weighted by atomic mass is 15.1. The van der Waals surface area contributed by atoms with Crippen LogP contribution in [-0.4, -0.2) is 36.1 Å². The number of hydrogen-bond acceptors (Lipinski definition) is 2. The van der Waals surface area contributed by atoms with Gasteiger partial charge in [-0.25, -0.2) is 0 Å². The first-order chi connectivity index (χ1) is 8.58. The molecule has 0 fully saturated rings. The molecule has 3 heteroatoms. The van der Waals surface area contributed by atoms with Gasteiger partial charge in [0, 0.05) is 38.6 Å². The monoisotopic (exact) mass is 251 g/mol. The van der Waals surface area contributed by atoms with Gasteiger partial charge in [-0.1, -0.05) is 26.7 Å². The van der Waals surface area contributed by atoms with E-state index in [1.807, 2.05) is 0 Å². The zero-order chi connectivity index (χ0) is 13.5. The maximum Gasteiger partial charge on any atom is 0.0242 e. The number of rotatable bonds is 8. The van der Waals surface area contributed by atoms with Crippen LogP contribution in [0.5, 0.6) is 0 Å². The molecule has 0 aliphatic heterocycles. The second kappa shape index (κ2) is 7.59. The topological polar surface area (TPSA) is 20.2 Å². The van der Waals surface area contributed by atoms with Crippen molar-refractivity contribution in [2.24, 2.45) is 13.0 Å². The molecular weight excluding hydrogens is 222 g/mol. The number of nitrogens with zero attached hydrogens (tertiary/aromatic N) is 2. The lowest BCUT2D eigenvalue weighted by molar-refractivity contribution is 0.194. The molecule has 3 nitrogen and oxygen atoms in total. The van der Waals surface area contributed by atoms with Gasteiger partial charge in [0.15, 0.2) is 0 Å². The summed E-state index contributed by atoms with van der Waals surface area (Å²) in [5.74, 6) is 0.781. The van der Waals surface area contributed by atoms with Crippen LogP contribution >= 0.6 is 0 Å². The van der Waals surface area contributed by atoms with Crippen LogP contribution < -0.4 is 5.32 Å². The highest BCUT2D eigenvalue weighted by molar-refractivity contribution is 5.09. The normalized spacial score (nSPS) is 13.5. The Kier molecular flexibility index (Phi) is 6.44. The lowest BCUT2D eigenvalue weighted by Gasteiger charge is -2.31. The van der Waals surface area contributed by atoms with Crippen LogP contribution in [0.15, 0.2) is 18.5 Å². The van der Waals surface area contributed by atoms with Crippen molar-refractivity contribution in [1.29, 1.82) is 0 Å². The van der Waals surface area contributed by atoms with Crippen LogP contribution in [0.2, 0.25) is 0 Å². The molecule has 0 aromatic carbocycles. The van der Waals surface area contributed by atoms with Gasteiger partial charge in [-0.3, -0.25) is 0 Å². The molecule has 1 N–H and O–H groups in total. The van der Waals surface area contributed by atoms with Crippen LogP contribution in [0.4, 0.5) is 0 Å². The van der Waals surface area contributed by atoms with E-state index in [-0.39, 0.29) is 0 Å². The molecule has 1 aromatic rings. The number of aryl methyl sites for hydroxylation is 1. The van der Waals surface area contributed by atoms with Crippen LogP contribution in [-0.2, 0) is 13.6 Å². The lowest BCUT2D eigenvalue weighted by Crippen LogP contribution is -2.42. The third-order valence-electron chi connectivity index (χ3n) is 3.83. The first-order valence-corrected chi connectivity index (χ1v) is 7.06. The molecule has 18 heavy (non-hydrogen) atoms. The Morgan fingerprint density at radius 1 is 1.28 bits per heavy atom. The zero-order valence-electron chi connectivity index (χ0n) is 12.6. The number of nitrogens with one attached hydrogen (secondary N) is 1. The molecule has 0 spiro atoms. The predicted molar refractivity (Wildman–Crippen MR) is 78.7 cm³/mol. The minimum Gasteiger partial charge on any atom is -0.357 e. The standard InChI is InChI=1S/C15H29N3/c1-6-14(7-2)15(17(3)4)11-16-10-13-8-9-18(5)12-13/h8-9,12,14-16H,6-7,10-11H2,1-5H3. The van der Waals surface area contributed by atoms with Crippen LogP contribution in [0.3, 0.4) is 0 Å². The summed E-state index contributed by atoms with van der Waals surface area (Å²) in [5.41, 5.74) is 1.36. The third-order valence-corrected chi connectivity index (χ3v) is 3.83. The molecule has 0 bridgehead atoms. The minimum absolute atomic E-state index is 0.628. The van der Waals surface area contributed by atoms with Crippen molar-refractivity contribution in [2.45, 2.75) is 39.3 Å². The van der Waals surface area contributed by atoms with E-state index in [0.29, 0.717) is 6.04 Å². The first-order valence-electron chi connectivity index (χ1n) is 7.06. The molecule has 0 aliphatic rings. The molecule has 0 saturated carbocycles. The van der Waals surface area contributed by atoms with Gasteiger partial charge < -0.3 is 14.8 Å². The minimum atomic E-state index is 0.628. The van der Waals surface area contributed by atoms with E-state index in [2.05, 4.69) is 68.2 Å². The average molecular weight is 251 g/mol. The highest BCUT2D eigenvalue weighted by Gasteiger charge is 2.19. The van der Waals surface area contributed by atoms with Crippen molar-refractivity contribution in [2.75, 3.05) is 20.6 Å². The second-order valence-electron chi connectivity index (χ2n) is 5.42. The van der Waals surface area contributed by atoms with E-state index < -0.39 is 0 Å². The van der Waals surface area contributed by atoms with Crippen molar-refractivity contribution >= 4 is 0 Å². The Bertz CT molecular complexity index is 326. The quantitative estimate of drug-likeness (QED) is 0.766. The molecular formula is C15H29N3. The van der Waals surface area contributed by atoms with Gasteiger partial charge in [0.05, 0.1) is 0 Å². The molecule has 0 aliphatic carbocycles.